The van der Waals surface area contributed by atoms with Crippen LogP contribution in [0.1, 0.15) is 207 Å². The summed E-state index contributed by atoms with van der Waals surface area (Å²) in [5.41, 5.74) is 5.43. The predicted octanol–water partition coefficient (Wildman–Crippen LogP) is 20.2. The van der Waals surface area contributed by atoms with E-state index < -0.39 is 11.6 Å². The highest BCUT2D eigenvalue weighted by Gasteiger charge is 2.35. The van der Waals surface area contributed by atoms with Gasteiger partial charge in [0, 0.05) is 57.8 Å². The number of ether oxygens (including phenoxy) is 2. The van der Waals surface area contributed by atoms with Crippen molar-refractivity contribution >= 4 is 89.8 Å². The maximum absolute atomic E-state index is 14.6. The van der Waals surface area contributed by atoms with Crippen molar-refractivity contribution < 1.29 is 19.1 Å². The normalized spacial score (nSPS) is 13.2. The van der Waals surface area contributed by atoms with Crippen molar-refractivity contribution in [1.82, 2.24) is 9.13 Å². The largest absolute Gasteiger partial charge is 0.491 e. The van der Waals surface area contributed by atoms with Crippen LogP contribution in [0.25, 0.3) is 43.6 Å². The standard InChI is InChI=1S/C66H90Cl2N4O4/c1-5-9-13-17-21-23-25-33-41-71-55-39-31-29-37-49(55)51-45-53(59(47-57(51)71)75-43-35-27-19-15-11-7-3)69-63-61(67)66(74)64(62(68)65(63)73)70-54-46-52-50-38-30-32-40-56(50)72(42-34-26-24-22-18-14-10-6-2)58(52)48-60(54)76-44-36-28-20-16-12-8-4/h29-32,37-40,45-48,69-70H,5-28,33-36,41-44H2,1-4H3. The second-order valence-electron chi connectivity index (χ2n) is 21.5. The van der Waals surface area contributed by atoms with Gasteiger partial charge in [0.15, 0.2) is 0 Å². The molecule has 0 saturated carbocycles. The minimum Gasteiger partial charge on any atom is -0.491 e. The number of para-hydroxylation sites is 2. The fraction of sp³-hybridized carbons (Fsp3) is 0.545. The highest BCUT2D eigenvalue weighted by Crippen LogP contribution is 2.42. The zero-order chi connectivity index (χ0) is 53.5. The smallest absolute Gasteiger partial charge is 0.224 e. The number of nitrogens with one attached hydrogen (secondary N) is 2. The van der Waals surface area contributed by atoms with Gasteiger partial charge in [0.05, 0.1) is 35.6 Å². The van der Waals surface area contributed by atoms with E-state index in [1.54, 1.807) is 0 Å². The third-order valence-electron chi connectivity index (χ3n) is 15.5. The number of halogens is 2. The van der Waals surface area contributed by atoms with Crippen LogP contribution in [0, 0.1) is 0 Å². The van der Waals surface area contributed by atoms with Crippen LogP contribution in [-0.2, 0) is 22.7 Å². The number of Topliss-reactive ketones (excluding diaryl/α,β-unsaturated/α-hetero) is 2. The summed E-state index contributed by atoms with van der Waals surface area (Å²) in [4.78, 5) is 29.3. The highest BCUT2D eigenvalue weighted by molar-refractivity contribution is 6.56. The van der Waals surface area contributed by atoms with Gasteiger partial charge in [-0.05, 0) is 49.9 Å². The Balaban J connectivity index is 1.17. The fourth-order valence-electron chi connectivity index (χ4n) is 11.1. The van der Waals surface area contributed by atoms with Gasteiger partial charge in [-0.2, -0.15) is 0 Å². The summed E-state index contributed by atoms with van der Waals surface area (Å²) < 4.78 is 18.1. The Kier molecular flexibility index (Phi) is 24.3. The van der Waals surface area contributed by atoms with Gasteiger partial charge >= 0.3 is 0 Å². The molecule has 0 radical (unpaired) electrons. The molecule has 0 atom stereocenters. The maximum Gasteiger partial charge on any atom is 0.224 e. The number of aromatic nitrogens is 2. The summed E-state index contributed by atoms with van der Waals surface area (Å²) in [6, 6.07) is 25.3. The molecule has 0 aliphatic heterocycles. The van der Waals surface area contributed by atoms with Crippen molar-refractivity contribution in [2.45, 2.75) is 221 Å². The molecule has 4 aromatic carbocycles. The Morgan fingerprint density at radius 2 is 0.697 bits per heavy atom. The lowest BCUT2D eigenvalue weighted by Crippen LogP contribution is -2.27. The van der Waals surface area contributed by atoms with Gasteiger partial charge in [0.1, 0.15) is 33.0 Å². The predicted molar refractivity (Wildman–Crippen MR) is 325 cm³/mol. The van der Waals surface area contributed by atoms with E-state index in [9.17, 15) is 9.59 Å². The van der Waals surface area contributed by atoms with Crippen LogP contribution in [-0.4, -0.2) is 33.9 Å². The third-order valence-corrected chi connectivity index (χ3v) is 16.3. The van der Waals surface area contributed by atoms with E-state index in [0.29, 0.717) is 36.1 Å². The van der Waals surface area contributed by atoms with Crippen LogP contribution < -0.4 is 20.1 Å². The van der Waals surface area contributed by atoms with Crippen molar-refractivity contribution in [1.29, 1.82) is 0 Å². The molecule has 76 heavy (non-hydrogen) atoms. The summed E-state index contributed by atoms with van der Waals surface area (Å²) in [7, 11) is 0. The zero-order valence-corrected chi connectivity index (χ0v) is 48.4. The van der Waals surface area contributed by atoms with Gasteiger partial charge in [-0.1, -0.05) is 241 Å². The molecule has 7 rings (SSSR count). The van der Waals surface area contributed by atoms with Crippen molar-refractivity contribution in [3.63, 3.8) is 0 Å². The molecule has 1 aliphatic carbocycles. The Bertz CT molecular complexity index is 2680. The average molecular weight is 1070 g/mol. The second-order valence-corrected chi connectivity index (χ2v) is 22.3. The number of hydrogen-bond acceptors (Lipinski definition) is 6. The molecule has 0 bridgehead atoms. The van der Waals surface area contributed by atoms with Gasteiger partial charge < -0.3 is 29.2 Å². The van der Waals surface area contributed by atoms with Crippen LogP contribution in [0.3, 0.4) is 0 Å². The van der Waals surface area contributed by atoms with E-state index in [0.717, 1.165) is 108 Å². The number of ketones is 2. The molecule has 0 spiro atoms. The molecular formula is C66H90Cl2N4O4. The second kappa shape index (κ2) is 31.5. The first-order valence-electron chi connectivity index (χ1n) is 30.1. The number of fused-ring (bicyclic) bond motifs is 6. The molecule has 0 fully saturated rings. The molecule has 2 heterocycles. The first-order valence-corrected chi connectivity index (χ1v) is 30.8. The number of nitrogens with zero attached hydrogens (tertiary/aromatic N) is 2. The van der Waals surface area contributed by atoms with Crippen LogP contribution in [0.15, 0.2) is 94.3 Å². The molecule has 2 aromatic heterocycles. The number of rotatable bonds is 38. The van der Waals surface area contributed by atoms with E-state index in [-0.39, 0.29) is 21.5 Å². The molecule has 0 amide bonds. The van der Waals surface area contributed by atoms with Crippen molar-refractivity contribution in [2.24, 2.45) is 0 Å². The lowest BCUT2D eigenvalue weighted by molar-refractivity contribution is -0.115. The molecule has 1 aliphatic rings. The minimum atomic E-state index is -0.578. The van der Waals surface area contributed by atoms with Crippen LogP contribution in [0.4, 0.5) is 11.4 Å². The quantitative estimate of drug-likeness (QED) is 0.0297. The van der Waals surface area contributed by atoms with Gasteiger partial charge in [0.2, 0.25) is 11.6 Å². The van der Waals surface area contributed by atoms with E-state index >= 15 is 0 Å². The molecular weight excluding hydrogens is 984 g/mol. The molecule has 8 nitrogen and oxygen atoms in total. The lowest BCUT2D eigenvalue weighted by atomic mass is 10.0. The van der Waals surface area contributed by atoms with Crippen LogP contribution in [0.2, 0.25) is 0 Å². The number of anilines is 2. The van der Waals surface area contributed by atoms with Gasteiger partial charge in [-0.3, -0.25) is 9.59 Å². The summed E-state index contributed by atoms with van der Waals surface area (Å²) in [5, 5.41) is 10.5. The van der Waals surface area contributed by atoms with Crippen molar-refractivity contribution in [3.8, 4) is 11.5 Å². The number of benzene rings is 4. The summed E-state index contributed by atoms with van der Waals surface area (Å²) in [6.07, 6.45) is 33.6. The lowest BCUT2D eigenvalue weighted by Gasteiger charge is -2.22. The molecule has 0 unspecified atom stereocenters. The third kappa shape index (κ3) is 15.6. The number of hydrogen-bond donors (Lipinski definition) is 2. The average Bonchev–Trinajstić information content (AvgIpc) is 3.94. The molecule has 2 N–H and O–H groups in total. The highest BCUT2D eigenvalue weighted by atomic mass is 35.5. The Morgan fingerprint density at radius 1 is 0.382 bits per heavy atom. The van der Waals surface area contributed by atoms with E-state index in [4.69, 9.17) is 32.7 Å². The van der Waals surface area contributed by atoms with Gasteiger partial charge in [0.25, 0.3) is 0 Å². The van der Waals surface area contributed by atoms with E-state index in [1.165, 1.54) is 128 Å². The monoisotopic (exact) mass is 1070 g/mol. The van der Waals surface area contributed by atoms with Crippen molar-refractivity contribution in [3.05, 3.63) is 94.3 Å². The number of allylic oxidation sites excluding steroid dienone is 2. The van der Waals surface area contributed by atoms with E-state index in [2.05, 4.69) is 108 Å². The van der Waals surface area contributed by atoms with Gasteiger partial charge in [-0.15, -0.1) is 0 Å². The van der Waals surface area contributed by atoms with E-state index in [1.807, 2.05) is 12.1 Å². The Hall–Kier alpha value is -4.92. The topological polar surface area (TPSA) is 86.5 Å². The fourth-order valence-corrected chi connectivity index (χ4v) is 11.6. The molecule has 6 aromatic rings. The summed E-state index contributed by atoms with van der Waals surface area (Å²) in [6.45, 7) is 11.8. The molecule has 0 saturated heterocycles. The van der Waals surface area contributed by atoms with Gasteiger partial charge in [-0.25, -0.2) is 0 Å². The number of aryl methyl sites for hydroxylation is 2. The van der Waals surface area contributed by atoms with Crippen molar-refractivity contribution in [2.75, 3.05) is 23.8 Å². The van der Waals surface area contributed by atoms with Crippen LogP contribution >= 0.6 is 23.2 Å². The molecule has 412 valence electrons. The minimum absolute atomic E-state index is 0.0762. The zero-order valence-electron chi connectivity index (χ0n) is 46.8. The number of unbranched alkanes of at least 4 members (excludes halogenated alkanes) is 24. The summed E-state index contributed by atoms with van der Waals surface area (Å²) in [5.74, 6) is 0.0459. The SMILES string of the molecule is CCCCCCCCCCn1c2ccccc2c2cc(NC3=C(Cl)C(=O)C(Nc4cc5c6ccccc6n(CCCCCCCCCC)c5cc4OCCCCCCCC)=C(Cl)C3=O)c(OCCCCCCCC)cc21. The first kappa shape index (κ1) is 58.8. The number of carbonyl (C=O) groups excluding carboxylic acids is 2. The Morgan fingerprint density at radius 3 is 1.05 bits per heavy atom. The summed E-state index contributed by atoms with van der Waals surface area (Å²) >= 11 is 14.2. The number of carbonyl (C=O) groups is 2. The maximum atomic E-state index is 14.6. The van der Waals surface area contributed by atoms with Crippen LogP contribution in [0.5, 0.6) is 11.5 Å². The molecule has 10 heteroatoms. The Labute approximate surface area is 465 Å². The first-order chi connectivity index (χ1) is 37.3.